The van der Waals surface area contributed by atoms with Crippen LogP contribution in [0.5, 0.6) is 0 Å². The van der Waals surface area contributed by atoms with E-state index in [1.165, 1.54) is 4.90 Å². The van der Waals surface area contributed by atoms with Crippen LogP contribution in [0.4, 0.5) is 17.1 Å². The molecule has 0 aliphatic carbocycles. The summed E-state index contributed by atoms with van der Waals surface area (Å²) in [6.07, 6.45) is 1.46. The Morgan fingerprint density at radius 1 is 0.960 bits per heavy atom. The number of para-hydroxylation sites is 1. The molecule has 2 amide bonds. The molecule has 0 aromatic heterocycles. The lowest BCUT2D eigenvalue weighted by Crippen LogP contribution is -2.40. The number of nitrogens with one attached hydrogen (secondary N) is 2. The van der Waals surface area contributed by atoms with Gasteiger partial charge >= 0.3 is 0 Å². The van der Waals surface area contributed by atoms with Crippen molar-refractivity contribution in [2.24, 2.45) is 0 Å². The van der Waals surface area contributed by atoms with Crippen molar-refractivity contribution >= 4 is 46.2 Å². The number of amides is 2. The monoisotopic (exact) mass is 353 g/mol. The minimum Gasteiger partial charge on any atom is -0.332 e. The number of carbonyl (C=O) groups is 2. The highest BCUT2D eigenvalue weighted by molar-refractivity contribution is 7.80. The Hall–Kier alpha value is -2.73. The van der Waals surface area contributed by atoms with E-state index in [1.807, 2.05) is 31.2 Å². The molecule has 3 rings (SSSR count). The van der Waals surface area contributed by atoms with Gasteiger partial charge in [0.2, 0.25) is 11.8 Å². The average Bonchev–Trinajstić information content (AvgIpc) is 2.58. The number of hydrogen-bond donors (Lipinski definition) is 2. The fraction of sp³-hybridized carbons (Fsp3) is 0.211. The summed E-state index contributed by atoms with van der Waals surface area (Å²) in [6.45, 7) is 2.01. The number of nitrogens with zero attached hydrogens (tertiary/aromatic N) is 1. The molecule has 5 nitrogen and oxygen atoms in total. The molecule has 0 saturated carbocycles. The number of anilines is 3. The van der Waals surface area contributed by atoms with Gasteiger partial charge in [-0.3, -0.25) is 14.5 Å². The van der Waals surface area contributed by atoms with Crippen LogP contribution in [0.25, 0.3) is 0 Å². The summed E-state index contributed by atoms with van der Waals surface area (Å²) in [5, 5.41) is 6.73. The summed E-state index contributed by atoms with van der Waals surface area (Å²) in [4.78, 5) is 25.2. The van der Waals surface area contributed by atoms with Crippen LogP contribution in [0.1, 0.15) is 24.8 Å². The highest BCUT2D eigenvalue weighted by atomic mass is 32.1. The summed E-state index contributed by atoms with van der Waals surface area (Å²) >= 11 is 5.33. The molecule has 1 fully saturated rings. The van der Waals surface area contributed by atoms with Gasteiger partial charge in [0.15, 0.2) is 5.11 Å². The topological polar surface area (TPSA) is 61.4 Å². The lowest BCUT2D eigenvalue weighted by atomic mass is 10.1. The van der Waals surface area contributed by atoms with Gasteiger partial charge in [-0.2, -0.15) is 0 Å². The predicted octanol–water partition coefficient (Wildman–Crippen LogP) is 3.85. The third-order valence-corrected chi connectivity index (χ3v) is 4.26. The van der Waals surface area contributed by atoms with Crippen LogP contribution < -0.4 is 15.5 Å². The van der Waals surface area contributed by atoms with E-state index in [0.29, 0.717) is 30.1 Å². The molecule has 2 aromatic carbocycles. The average molecular weight is 353 g/mol. The number of rotatable bonds is 3. The van der Waals surface area contributed by atoms with E-state index in [2.05, 4.69) is 10.6 Å². The summed E-state index contributed by atoms with van der Waals surface area (Å²) < 4.78 is 0. The standard InChI is InChI=1S/C19H19N3O2S/c1-13-5-2-3-6-16(13)21-19(25)20-14-9-11-15(12-10-14)22-17(23)7-4-8-18(22)24/h2-3,5-6,9-12H,4,7-8H2,1H3,(H2,20,21,25). The summed E-state index contributed by atoms with van der Waals surface area (Å²) in [5.74, 6) is -0.289. The van der Waals surface area contributed by atoms with Crippen molar-refractivity contribution in [1.82, 2.24) is 0 Å². The highest BCUT2D eigenvalue weighted by Crippen LogP contribution is 2.24. The van der Waals surface area contributed by atoms with Crippen LogP contribution in [0.2, 0.25) is 0 Å². The van der Waals surface area contributed by atoms with Crippen LogP contribution in [-0.2, 0) is 9.59 Å². The second-order valence-electron chi connectivity index (χ2n) is 5.92. The molecule has 128 valence electrons. The smallest absolute Gasteiger partial charge is 0.233 e. The van der Waals surface area contributed by atoms with Crippen LogP contribution in [0, 0.1) is 6.92 Å². The normalized spacial score (nSPS) is 14.4. The van der Waals surface area contributed by atoms with E-state index in [9.17, 15) is 9.59 Å². The second kappa shape index (κ2) is 7.44. The number of hydrogen-bond acceptors (Lipinski definition) is 3. The summed E-state index contributed by atoms with van der Waals surface area (Å²) in [5.41, 5.74) is 3.43. The molecule has 1 saturated heterocycles. The van der Waals surface area contributed by atoms with Gasteiger partial charge in [0.1, 0.15) is 0 Å². The maximum Gasteiger partial charge on any atom is 0.233 e. The first-order valence-electron chi connectivity index (χ1n) is 8.14. The van der Waals surface area contributed by atoms with Crippen LogP contribution in [0.3, 0.4) is 0 Å². The van der Waals surface area contributed by atoms with Crippen molar-refractivity contribution in [1.29, 1.82) is 0 Å². The molecule has 25 heavy (non-hydrogen) atoms. The second-order valence-corrected chi connectivity index (χ2v) is 6.33. The Kier molecular flexibility index (Phi) is 5.09. The van der Waals surface area contributed by atoms with Crippen molar-refractivity contribution < 1.29 is 9.59 Å². The van der Waals surface area contributed by atoms with E-state index >= 15 is 0 Å². The lowest BCUT2D eigenvalue weighted by molar-refractivity contribution is -0.129. The summed E-state index contributed by atoms with van der Waals surface area (Å²) in [6, 6.07) is 15.0. The van der Waals surface area contributed by atoms with Crippen molar-refractivity contribution in [3.05, 3.63) is 54.1 Å². The Balaban J connectivity index is 1.66. The first-order chi connectivity index (χ1) is 12.0. The zero-order valence-corrected chi connectivity index (χ0v) is 14.7. The van der Waals surface area contributed by atoms with E-state index in [0.717, 1.165) is 16.9 Å². The van der Waals surface area contributed by atoms with Crippen LogP contribution >= 0.6 is 12.2 Å². The Bertz CT molecular complexity index is 802. The number of benzene rings is 2. The van der Waals surface area contributed by atoms with Crippen LogP contribution in [-0.4, -0.2) is 16.9 Å². The highest BCUT2D eigenvalue weighted by Gasteiger charge is 2.27. The molecule has 0 unspecified atom stereocenters. The van der Waals surface area contributed by atoms with Crippen molar-refractivity contribution in [2.45, 2.75) is 26.2 Å². The fourth-order valence-corrected chi connectivity index (χ4v) is 2.96. The zero-order valence-electron chi connectivity index (χ0n) is 13.9. The van der Waals surface area contributed by atoms with Gasteiger partial charge < -0.3 is 10.6 Å². The molecule has 0 bridgehead atoms. The van der Waals surface area contributed by atoms with Gasteiger partial charge in [-0.15, -0.1) is 0 Å². The van der Waals surface area contributed by atoms with Crippen LogP contribution in [0.15, 0.2) is 48.5 Å². The zero-order chi connectivity index (χ0) is 17.8. The van der Waals surface area contributed by atoms with Gasteiger partial charge in [-0.25, -0.2) is 0 Å². The molecule has 2 N–H and O–H groups in total. The van der Waals surface area contributed by atoms with Gasteiger partial charge in [-0.05, 0) is 61.5 Å². The van der Waals surface area contributed by atoms with E-state index in [1.54, 1.807) is 24.3 Å². The molecule has 1 aliphatic rings. The van der Waals surface area contributed by atoms with Gasteiger partial charge in [0.05, 0.1) is 5.69 Å². The number of piperidine rings is 1. The van der Waals surface area contributed by atoms with Gasteiger partial charge in [-0.1, -0.05) is 18.2 Å². The lowest BCUT2D eigenvalue weighted by Gasteiger charge is -2.25. The maximum atomic E-state index is 12.0. The minimum atomic E-state index is -0.145. The van der Waals surface area contributed by atoms with E-state index < -0.39 is 0 Å². The molecule has 0 spiro atoms. The van der Waals surface area contributed by atoms with Crippen molar-refractivity contribution in [3.8, 4) is 0 Å². The number of thiocarbonyl (C=S) groups is 1. The number of aryl methyl sites for hydroxylation is 1. The Labute approximate surface area is 152 Å². The first kappa shape index (κ1) is 17.1. The Morgan fingerprint density at radius 2 is 1.60 bits per heavy atom. The first-order valence-corrected chi connectivity index (χ1v) is 8.55. The third-order valence-electron chi connectivity index (χ3n) is 4.06. The van der Waals surface area contributed by atoms with Crippen molar-refractivity contribution in [2.75, 3.05) is 15.5 Å². The van der Waals surface area contributed by atoms with Gasteiger partial charge in [0.25, 0.3) is 0 Å². The quantitative estimate of drug-likeness (QED) is 0.648. The molecule has 1 aliphatic heterocycles. The molecule has 0 atom stereocenters. The van der Waals surface area contributed by atoms with E-state index in [4.69, 9.17) is 12.2 Å². The fourth-order valence-electron chi connectivity index (χ4n) is 2.73. The maximum absolute atomic E-state index is 12.0. The molecule has 1 heterocycles. The molecule has 6 heteroatoms. The SMILES string of the molecule is Cc1ccccc1NC(=S)Nc1ccc(N2C(=O)CCCC2=O)cc1. The number of carbonyl (C=O) groups excluding carboxylic acids is 2. The molecular weight excluding hydrogens is 334 g/mol. The molecule has 0 radical (unpaired) electrons. The van der Waals surface area contributed by atoms with Crippen molar-refractivity contribution in [3.63, 3.8) is 0 Å². The molecular formula is C19H19N3O2S. The van der Waals surface area contributed by atoms with E-state index in [-0.39, 0.29) is 11.8 Å². The third kappa shape index (κ3) is 4.03. The predicted molar refractivity (Wildman–Crippen MR) is 104 cm³/mol. The summed E-state index contributed by atoms with van der Waals surface area (Å²) in [7, 11) is 0. The van der Waals surface area contributed by atoms with Gasteiger partial charge in [0, 0.05) is 24.2 Å². The molecule has 2 aromatic rings. The largest absolute Gasteiger partial charge is 0.332 e. The minimum absolute atomic E-state index is 0.145. The Morgan fingerprint density at radius 3 is 2.24 bits per heavy atom. The number of imide groups is 1.